The predicted molar refractivity (Wildman–Crippen MR) is 262 cm³/mol. The molecule has 0 amide bonds. The first-order valence-electron chi connectivity index (χ1n) is 19.9. The molecule has 2 atom stereocenters. The lowest BCUT2D eigenvalue weighted by Crippen LogP contribution is -2.22. The third-order valence-corrected chi connectivity index (χ3v) is 15.1. The van der Waals surface area contributed by atoms with Crippen molar-refractivity contribution in [3.8, 4) is 23.6 Å². The highest BCUT2D eigenvalue weighted by atomic mass is 32.2. The number of benzene rings is 2. The van der Waals surface area contributed by atoms with Crippen molar-refractivity contribution < 1.29 is 49.6 Å². The lowest BCUT2D eigenvalue weighted by Gasteiger charge is -2.25. The molecule has 0 fully saturated rings. The van der Waals surface area contributed by atoms with Crippen LogP contribution in [-0.2, 0) is 32.3 Å². The van der Waals surface area contributed by atoms with Crippen molar-refractivity contribution in [3.63, 3.8) is 0 Å². The molecule has 0 aliphatic rings. The van der Waals surface area contributed by atoms with Crippen LogP contribution in [-0.4, -0.2) is 110 Å². The molecule has 3 aromatic heterocycles. The van der Waals surface area contributed by atoms with Crippen LogP contribution in [0.4, 0.5) is 56.0 Å². The zero-order valence-corrected chi connectivity index (χ0v) is 42.1. The van der Waals surface area contributed by atoms with Gasteiger partial charge in [0.1, 0.15) is 55.9 Å². The fourth-order valence-corrected chi connectivity index (χ4v) is 11.4. The first kappa shape index (κ1) is 53.6. The van der Waals surface area contributed by atoms with Crippen LogP contribution in [0.2, 0.25) is 0 Å². The maximum Gasteiger partial charge on any atom is 0.265 e. The number of ether oxygens (including phenoxy) is 2. The van der Waals surface area contributed by atoms with E-state index in [1.54, 1.807) is 12.1 Å². The van der Waals surface area contributed by atoms with Gasteiger partial charge in [0.2, 0.25) is 11.9 Å². The summed E-state index contributed by atoms with van der Waals surface area (Å²) >= 11 is -3.17. The number of methoxy groups -OCH3 is 2. The number of carbonyl (C=O) groups excluding carboxylic acids is 2. The van der Waals surface area contributed by atoms with E-state index < -0.39 is 47.8 Å². The number of aldehydes is 2. The Morgan fingerprint density at radius 2 is 1.14 bits per heavy atom. The van der Waals surface area contributed by atoms with Crippen molar-refractivity contribution >= 4 is 135 Å². The van der Waals surface area contributed by atoms with Gasteiger partial charge in [-0.25, -0.2) is 8.42 Å². The molecule has 364 valence electrons. The number of thioether (sulfide) groups is 1. The molecule has 0 spiro atoms. The normalized spacial score (nSPS) is 12.3. The third kappa shape index (κ3) is 12.9. The second-order valence-corrected chi connectivity index (χ2v) is 19.9. The van der Waals surface area contributed by atoms with Gasteiger partial charge in [-0.1, -0.05) is 11.8 Å². The van der Waals surface area contributed by atoms with E-state index in [1.165, 1.54) is 26.4 Å². The van der Waals surface area contributed by atoms with Gasteiger partial charge < -0.3 is 39.0 Å². The van der Waals surface area contributed by atoms with Crippen molar-refractivity contribution in [2.24, 2.45) is 20.5 Å². The van der Waals surface area contributed by atoms with Gasteiger partial charge in [-0.15, -0.1) is 43.1 Å². The highest BCUT2D eigenvalue weighted by molar-refractivity contribution is 8.00. The molecule has 0 aliphatic carbocycles. The number of anilines is 6. The molecule has 24 nitrogen and oxygen atoms in total. The molecular weight excluding hydrogens is 1020 g/mol. The smallest absolute Gasteiger partial charge is 0.265 e. The maximum absolute atomic E-state index is 12.1. The SMILES string of the molecule is CCN(CC)c1cc(Nc2nc(Nc3cc(N(CC)CC)c(OC)cc3/N=N/c3sc(C=O)c(S(=O)O)c3C#N)nc(SCCS(=O)(=O)O)n2)c(/N=N/c2sc(C=O)c(S(=O)O)c2C#N)cc1OC. The van der Waals surface area contributed by atoms with Crippen LogP contribution >= 0.6 is 34.4 Å². The van der Waals surface area contributed by atoms with Crippen LogP contribution in [0.5, 0.6) is 11.5 Å². The van der Waals surface area contributed by atoms with Gasteiger partial charge in [-0.2, -0.15) is 33.9 Å². The Morgan fingerprint density at radius 3 is 1.46 bits per heavy atom. The topological polar surface area (TPSA) is 348 Å². The molecule has 0 bridgehead atoms. The molecule has 0 radical (unpaired) electrons. The molecule has 69 heavy (non-hydrogen) atoms. The average molecular weight is 1060 g/mol. The van der Waals surface area contributed by atoms with Gasteiger partial charge in [-0.05, 0) is 39.8 Å². The average Bonchev–Trinajstić information content (AvgIpc) is 3.89. The van der Waals surface area contributed by atoms with Crippen molar-refractivity contribution in [2.75, 3.05) is 72.3 Å². The molecule has 5 rings (SSSR count). The Labute approximate surface area is 412 Å². The lowest BCUT2D eigenvalue weighted by molar-refractivity contribution is 0.111. The summed E-state index contributed by atoms with van der Waals surface area (Å²) in [5.74, 6) is -0.431. The van der Waals surface area contributed by atoms with E-state index in [-0.39, 0.29) is 76.4 Å². The number of nitrogens with one attached hydrogen (secondary N) is 2. The molecule has 5 aromatic rings. The van der Waals surface area contributed by atoms with Gasteiger partial charge in [0, 0.05) is 44.1 Å². The van der Waals surface area contributed by atoms with Crippen LogP contribution in [0.1, 0.15) is 58.2 Å². The maximum atomic E-state index is 12.1. The third-order valence-electron chi connectivity index (χ3n) is 9.51. The number of nitrogens with zero attached hydrogens (tertiary/aromatic N) is 11. The number of nitriles is 2. The Morgan fingerprint density at radius 1 is 0.739 bits per heavy atom. The van der Waals surface area contributed by atoms with E-state index >= 15 is 0 Å². The Balaban J connectivity index is 1.72. The number of aromatic nitrogens is 3. The summed E-state index contributed by atoms with van der Waals surface area (Å²) in [6, 6.07) is 10.0. The van der Waals surface area contributed by atoms with Crippen molar-refractivity contribution in [1.29, 1.82) is 10.5 Å². The molecule has 5 N–H and O–H groups in total. The van der Waals surface area contributed by atoms with Crippen LogP contribution in [0.3, 0.4) is 0 Å². The predicted octanol–water partition coefficient (Wildman–Crippen LogP) is 8.53. The minimum absolute atomic E-state index is 0.0358. The number of hydrogen-bond acceptors (Lipinski definition) is 24. The van der Waals surface area contributed by atoms with E-state index in [9.17, 15) is 50.6 Å². The quantitative estimate of drug-likeness (QED) is 0.0127. The summed E-state index contributed by atoms with van der Waals surface area (Å²) in [6.45, 7) is 9.87. The summed E-state index contributed by atoms with van der Waals surface area (Å²) in [6.07, 6.45) is 0.666. The number of azo groups is 2. The fourth-order valence-electron chi connectivity index (χ4n) is 6.33. The molecule has 0 aliphatic heterocycles. The summed E-state index contributed by atoms with van der Waals surface area (Å²) in [5, 5.41) is 42.8. The monoisotopic (exact) mass is 1060 g/mol. The molecule has 2 aromatic carbocycles. The number of hydrogen-bond donors (Lipinski definition) is 5. The molecule has 30 heteroatoms. The van der Waals surface area contributed by atoms with E-state index in [0.717, 1.165) is 11.8 Å². The summed E-state index contributed by atoms with van der Waals surface area (Å²) in [5.41, 5.74) is 1.09. The summed E-state index contributed by atoms with van der Waals surface area (Å²) in [7, 11) is -1.51. The van der Waals surface area contributed by atoms with Crippen LogP contribution in [0.25, 0.3) is 0 Å². The van der Waals surface area contributed by atoms with Crippen molar-refractivity contribution in [2.45, 2.75) is 42.6 Å². The largest absolute Gasteiger partial charge is 0.494 e. The molecule has 0 saturated heterocycles. The highest BCUT2D eigenvalue weighted by Crippen LogP contribution is 2.45. The Bertz CT molecular complexity index is 2870. The standard InChI is InChI=1S/C39H41N13O11S6/c1-7-51(8-2)27-13-23(25(15-29(27)62-5)47-49-35-21(17-40)33(67(55)56)31(19-53)65-35)42-37-44-38(46-39(45-37)64-11-12-69(59,60)61)43-24-14-28(52(9-3)10-4)30(63-6)16-26(24)48-50-36-22(18-41)34(68(57)58)32(20-54)66-36/h13-16,19-20H,7-12H2,1-6H3,(H,55,56)(H,57,58)(H,59,60,61)(H2,42,43,44,45,46)/b49-47+,50-48+. The molecule has 2 unspecified atom stereocenters. The van der Waals surface area contributed by atoms with Crippen molar-refractivity contribution in [3.05, 3.63) is 45.1 Å². The molecular formula is C39H41N13O11S6. The Kier molecular flexibility index (Phi) is 18.9. The first-order chi connectivity index (χ1) is 33.0. The van der Waals surface area contributed by atoms with Gasteiger partial charge in [0.05, 0.1) is 52.5 Å². The van der Waals surface area contributed by atoms with Gasteiger partial charge in [0.15, 0.2) is 49.9 Å². The fraction of sp³-hybridized carbons (Fsp3) is 0.308. The molecule has 0 saturated carbocycles. The number of carbonyl (C=O) groups is 2. The van der Waals surface area contributed by atoms with Crippen LogP contribution in [0.15, 0.2) is 59.7 Å². The van der Waals surface area contributed by atoms with E-state index in [0.29, 0.717) is 84.3 Å². The second kappa shape index (κ2) is 24.3. The number of rotatable bonds is 24. The molecule has 3 heterocycles. The lowest BCUT2D eigenvalue weighted by atomic mass is 10.2. The van der Waals surface area contributed by atoms with Crippen LogP contribution < -0.4 is 29.9 Å². The van der Waals surface area contributed by atoms with E-state index in [1.807, 2.05) is 49.6 Å². The highest BCUT2D eigenvalue weighted by Gasteiger charge is 2.25. The van der Waals surface area contributed by atoms with Gasteiger partial charge in [0.25, 0.3) is 10.1 Å². The second-order valence-electron chi connectivity index (χ2n) is 13.4. The Hall–Kier alpha value is -6.35. The zero-order valence-electron chi connectivity index (χ0n) is 37.2. The van der Waals surface area contributed by atoms with Crippen molar-refractivity contribution in [1.82, 2.24) is 15.0 Å². The minimum Gasteiger partial charge on any atom is -0.494 e. The van der Waals surface area contributed by atoms with Gasteiger partial charge in [-0.3, -0.25) is 14.1 Å². The minimum atomic E-state index is -4.40. The van der Waals surface area contributed by atoms with Gasteiger partial charge >= 0.3 is 0 Å². The van der Waals surface area contributed by atoms with Crippen LogP contribution in [0, 0.1) is 22.7 Å². The first-order valence-corrected chi connectivity index (χ1v) is 26.4. The summed E-state index contributed by atoms with van der Waals surface area (Å²) < 4.78 is 88.3. The van der Waals surface area contributed by atoms with E-state index in [4.69, 9.17) is 9.47 Å². The van der Waals surface area contributed by atoms with E-state index in [2.05, 4.69) is 46.0 Å². The summed E-state index contributed by atoms with van der Waals surface area (Å²) in [4.78, 5) is 39.9. The zero-order chi connectivity index (χ0) is 50.6. The number of thiophene rings is 2.